The fraction of sp³-hybridized carbons (Fsp3) is 0.545. The Kier molecular flexibility index (Phi) is 9.26. The Balaban J connectivity index is 0.000000348. The van der Waals surface area contributed by atoms with Gasteiger partial charge in [-0.3, -0.25) is 9.54 Å². The summed E-state index contributed by atoms with van der Waals surface area (Å²) in [5.41, 5.74) is 2.25. The molecular formula is C33H37F3IrNO3S-. The van der Waals surface area contributed by atoms with Crippen LogP contribution in [0.5, 0.6) is 0 Å². The summed E-state index contributed by atoms with van der Waals surface area (Å²) in [6, 6.07) is 20.0. The predicted molar refractivity (Wildman–Crippen MR) is 154 cm³/mol. The van der Waals surface area contributed by atoms with Gasteiger partial charge in [-0.15, -0.1) is 34.9 Å². The van der Waals surface area contributed by atoms with Gasteiger partial charge in [0.1, 0.15) is 0 Å². The molecule has 1 aromatic heterocycles. The minimum Gasteiger partial charge on any atom is -0.296 e. The molecule has 4 nitrogen and oxygen atoms in total. The summed E-state index contributed by atoms with van der Waals surface area (Å²) in [5, 5.41) is 1.40. The van der Waals surface area contributed by atoms with E-state index in [0.717, 1.165) is 41.2 Å². The fourth-order valence-corrected chi connectivity index (χ4v) is 8.60. The first-order valence-electron chi connectivity index (χ1n) is 14.9. The molecule has 0 aliphatic heterocycles. The van der Waals surface area contributed by atoms with Gasteiger partial charge in [-0.2, -0.15) is 21.6 Å². The van der Waals surface area contributed by atoms with Gasteiger partial charge in [-0.25, -0.2) is 0 Å². The minimum absolute atomic E-state index is 0. The van der Waals surface area contributed by atoms with E-state index in [1.807, 2.05) is 0 Å². The number of nitrogens with zero attached hydrogens (tertiary/aromatic N) is 1. The molecule has 5 fully saturated rings. The Hall–Kier alpha value is -1.80. The van der Waals surface area contributed by atoms with E-state index in [2.05, 4.69) is 55.5 Å². The predicted octanol–water partition coefficient (Wildman–Crippen LogP) is 8.99. The zero-order valence-electron chi connectivity index (χ0n) is 23.7. The fourth-order valence-electron chi connectivity index (χ4n) is 8.60. The third kappa shape index (κ3) is 6.50. The van der Waals surface area contributed by atoms with Crippen molar-refractivity contribution in [3.05, 3.63) is 65.2 Å². The molecule has 1 radical (unpaired) electrons. The monoisotopic (exact) mass is 777 g/mol. The van der Waals surface area contributed by atoms with E-state index < -0.39 is 15.6 Å². The van der Waals surface area contributed by atoms with Crippen LogP contribution >= 0.6 is 0 Å². The molecule has 8 rings (SSSR count). The van der Waals surface area contributed by atoms with Gasteiger partial charge >= 0.3 is 15.6 Å². The molecule has 5 aliphatic carbocycles. The maximum atomic E-state index is 10.7. The van der Waals surface area contributed by atoms with Crippen molar-refractivity contribution < 1.29 is 46.2 Å². The first-order valence-corrected chi connectivity index (χ1v) is 16.4. The molecule has 0 atom stereocenters. The number of pyridine rings is 1. The molecule has 5 saturated carbocycles. The van der Waals surface area contributed by atoms with Gasteiger partial charge < -0.3 is 0 Å². The average molecular weight is 777 g/mol. The van der Waals surface area contributed by atoms with Crippen molar-refractivity contribution in [2.24, 2.45) is 23.7 Å². The molecule has 229 valence electrons. The number of alkyl halides is 3. The summed E-state index contributed by atoms with van der Waals surface area (Å²) < 4.78 is 57.5. The van der Waals surface area contributed by atoms with Crippen LogP contribution in [0.3, 0.4) is 0 Å². The molecule has 9 heteroatoms. The molecule has 0 saturated heterocycles. The van der Waals surface area contributed by atoms with Crippen molar-refractivity contribution in [1.29, 1.82) is 0 Å². The SMILES string of the molecule is Cc1[c-]c(-c2ccc3c(C4C5CC6CC(C5)CC4C6)cccc3n2)cc(C2CCCCC2)c1.O=S(=O)(O)C(F)(F)F.[Ir]. The standard InChI is InChI=1S/C32H36N.CHF3O3S.Ir/c1-20-12-24(23-6-3-2-4-7-23)19-25(13-20)30-11-10-28-29(8-5-9-31(28)33-30)32-26-15-21-14-22(17-26)18-27(32)16-21;2-1(3,4)8(5,6)7;/h5,8-12,19,21-23,26-27,32H,2-4,6-7,14-18H2,1H3;(H,5,6,7);/q-1;;. The van der Waals surface area contributed by atoms with Crippen molar-refractivity contribution in [2.45, 2.75) is 88.5 Å². The second-order valence-corrected chi connectivity index (χ2v) is 14.2. The summed E-state index contributed by atoms with van der Waals surface area (Å²) in [6.07, 6.45) is 14.2. The van der Waals surface area contributed by atoms with Crippen LogP contribution in [-0.2, 0) is 30.2 Å². The zero-order valence-corrected chi connectivity index (χ0v) is 26.9. The third-order valence-electron chi connectivity index (χ3n) is 10.0. The van der Waals surface area contributed by atoms with E-state index in [9.17, 15) is 13.2 Å². The molecule has 0 unspecified atom stereocenters. The molecule has 4 bridgehead atoms. The molecule has 1 heterocycles. The van der Waals surface area contributed by atoms with Gasteiger partial charge in [0.25, 0.3) is 0 Å². The first-order chi connectivity index (χ1) is 19.5. The molecule has 3 aromatic rings. The smallest absolute Gasteiger partial charge is 0.296 e. The van der Waals surface area contributed by atoms with E-state index in [1.165, 1.54) is 91.8 Å². The molecule has 5 aliphatic rings. The molecule has 2 aromatic carbocycles. The van der Waals surface area contributed by atoms with Gasteiger partial charge in [0, 0.05) is 25.5 Å². The van der Waals surface area contributed by atoms with Gasteiger partial charge in [0.05, 0.1) is 5.52 Å². The summed E-state index contributed by atoms with van der Waals surface area (Å²) >= 11 is 0. The van der Waals surface area contributed by atoms with Crippen molar-refractivity contribution in [2.75, 3.05) is 0 Å². The second-order valence-electron chi connectivity index (χ2n) is 12.8. The maximum absolute atomic E-state index is 10.7. The normalized spacial score (nSPS) is 27.3. The number of benzene rings is 2. The number of rotatable bonds is 3. The van der Waals surface area contributed by atoms with E-state index in [-0.39, 0.29) is 20.1 Å². The Morgan fingerprint density at radius 1 is 0.905 bits per heavy atom. The number of aryl methyl sites for hydroxylation is 1. The van der Waals surface area contributed by atoms with Crippen molar-refractivity contribution in [3.63, 3.8) is 0 Å². The van der Waals surface area contributed by atoms with E-state index in [1.54, 1.807) is 5.56 Å². The van der Waals surface area contributed by atoms with Gasteiger partial charge in [0.2, 0.25) is 0 Å². The Morgan fingerprint density at radius 3 is 2.12 bits per heavy atom. The number of hydrogen-bond donors (Lipinski definition) is 1. The number of hydrogen-bond acceptors (Lipinski definition) is 3. The minimum atomic E-state index is -5.84. The largest absolute Gasteiger partial charge is 0.522 e. The van der Waals surface area contributed by atoms with Crippen LogP contribution in [0.25, 0.3) is 22.2 Å². The van der Waals surface area contributed by atoms with Crippen LogP contribution in [0.1, 0.15) is 92.7 Å². The van der Waals surface area contributed by atoms with E-state index >= 15 is 0 Å². The first kappa shape index (κ1) is 31.6. The average Bonchev–Trinajstić information content (AvgIpc) is 2.92. The summed E-state index contributed by atoms with van der Waals surface area (Å²) in [5.74, 6) is 5.36. The summed E-state index contributed by atoms with van der Waals surface area (Å²) in [7, 11) is -5.84. The van der Waals surface area contributed by atoms with Gasteiger partial charge in [-0.05, 0) is 97.8 Å². The van der Waals surface area contributed by atoms with Crippen LogP contribution in [0.15, 0.2) is 42.5 Å². The Bertz CT molecular complexity index is 1510. The maximum Gasteiger partial charge on any atom is 0.522 e. The van der Waals surface area contributed by atoms with Crippen LogP contribution in [-0.4, -0.2) is 23.5 Å². The second kappa shape index (κ2) is 12.3. The Morgan fingerprint density at radius 2 is 1.52 bits per heavy atom. The number of fused-ring (bicyclic) bond motifs is 1. The Labute approximate surface area is 260 Å². The van der Waals surface area contributed by atoms with Crippen LogP contribution in [0.4, 0.5) is 13.2 Å². The summed E-state index contributed by atoms with van der Waals surface area (Å²) in [6.45, 7) is 2.20. The van der Waals surface area contributed by atoms with Gasteiger partial charge in [0.15, 0.2) is 0 Å². The van der Waals surface area contributed by atoms with Crippen LogP contribution in [0, 0.1) is 36.7 Å². The van der Waals surface area contributed by atoms with E-state index in [0.29, 0.717) is 0 Å². The van der Waals surface area contributed by atoms with Crippen molar-refractivity contribution in [1.82, 2.24) is 4.98 Å². The van der Waals surface area contributed by atoms with Gasteiger partial charge in [-0.1, -0.05) is 50.5 Å². The topological polar surface area (TPSA) is 67.3 Å². The van der Waals surface area contributed by atoms with Crippen LogP contribution < -0.4 is 0 Å². The summed E-state index contributed by atoms with van der Waals surface area (Å²) in [4.78, 5) is 5.21. The zero-order chi connectivity index (χ0) is 28.9. The molecule has 42 heavy (non-hydrogen) atoms. The van der Waals surface area contributed by atoms with Crippen molar-refractivity contribution in [3.8, 4) is 11.3 Å². The number of aromatic nitrogens is 1. The quantitative estimate of drug-likeness (QED) is 0.164. The van der Waals surface area contributed by atoms with Crippen molar-refractivity contribution >= 4 is 21.0 Å². The number of halogens is 3. The van der Waals surface area contributed by atoms with E-state index in [4.69, 9.17) is 18.0 Å². The molecule has 1 N–H and O–H groups in total. The van der Waals surface area contributed by atoms with Crippen LogP contribution in [0.2, 0.25) is 0 Å². The molecule has 0 spiro atoms. The molecular weight excluding hydrogens is 740 g/mol. The molecule has 0 amide bonds. The third-order valence-corrected chi connectivity index (χ3v) is 10.6.